The summed E-state index contributed by atoms with van der Waals surface area (Å²) in [6.07, 6.45) is 1.15. The van der Waals surface area contributed by atoms with Gasteiger partial charge in [0.25, 0.3) is 0 Å². The molecule has 4 aromatic carbocycles. The number of Topliss-reactive ketones (excluding diaryl/α,β-unsaturated/α-hetero) is 1. The summed E-state index contributed by atoms with van der Waals surface area (Å²) in [4.78, 5) is 12.8. The maximum absolute atomic E-state index is 12.8. The van der Waals surface area contributed by atoms with Gasteiger partial charge in [-0.3, -0.25) is 4.79 Å². The molecule has 31 heavy (non-hydrogen) atoms. The minimum absolute atomic E-state index is 0.0327. The summed E-state index contributed by atoms with van der Waals surface area (Å²) >= 11 is 0. The lowest BCUT2D eigenvalue weighted by Gasteiger charge is -2.37. The van der Waals surface area contributed by atoms with Gasteiger partial charge in [0.1, 0.15) is 5.75 Å². The lowest BCUT2D eigenvalue weighted by molar-refractivity contribution is 0.0979. The third-order valence-electron chi connectivity index (χ3n) is 5.83. The van der Waals surface area contributed by atoms with Gasteiger partial charge in [0.15, 0.2) is 5.78 Å². The molecule has 0 aliphatic heterocycles. The topological polar surface area (TPSA) is 37.3 Å². The Morgan fingerprint density at radius 3 is 1.55 bits per heavy atom. The Bertz CT molecular complexity index is 1050. The van der Waals surface area contributed by atoms with E-state index in [-0.39, 0.29) is 11.5 Å². The lowest BCUT2D eigenvalue weighted by Crippen LogP contribution is -2.31. The molecule has 0 fully saturated rings. The van der Waals surface area contributed by atoms with Gasteiger partial charge in [-0.2, -0.15) is 0 Å². The number of carbonyl (C=O) groups excluding carboxylic acids is 1. The van der Waals surface area contributed by atoms with E-state index in [4.69, 9.17) is 0 Å². The van der Waals surface area contributed by atoms with E-state index in [0.717, 1.165) is 28.7 Å². The van der Waals surface area contributed by atoms with Crippen molar-refractivity contribution in [3.63, 3.8) is 0 Å². The number of ketones is 1. The first-order chi connectivity index (χ1) is 15.2. The smallest absolute Gasteiger partial charge is 0.166 e. The van der Waals surface area contributed by atoms with Crippen molar-refractivity contribution < 1.29 is 9.90 Å². The minimum Gasteiger partial charge on any atom is -0.507 e. The van der Waals surface area contributed by atoms with Crippen LogP contribution in [0.3, 0.4) is 0 Å². The largest absolute Gasteiger partial charge is 0.507 e. The van der Waals surface area contributed by atoms with Gasteiger partial charge in [-0.1, -0.05) is 104 Å². The van der Waals surface area contributed by atoms with Crippen LogP contribution in [0.2, 0.25) is 0 Å². The molecule has 1 N–H and O–H groups in total. The molecule has 0 unspecified atom stereocenters. The van der Waals surface area contributed by atoms with Crippen LogP contribution in [0.15, 0.2) is 109 Å². The van der Waals surface area contributed by atoms with Gasteiger partial charge < -0.3 is 5.11 Å². The molecule has 0 amide bonds. The highest BCUT2D eigenvalue weighted by Crippen LogP contribution is 2.45. The number of hydrogen-bond donors (Lipinski definition) is 1. The second kappa shape index (κ2) is 9.01. The Balaban J connectivity index is 2.09. The van der Waals surface area contributed by atoms with E-state index < -0.39 is 5.41 Å². The number of rotatable bonds is 7. The van der Waals surface area contributed by atoms with Crippen molar-refractivity contribution in [3.05, 3.63) is 137 Å². The number of hydrogen-bond acceptors (Lipinski definition) is 2. The van der Waals surface area contributed by atoms with E-state index in [2.05, 4.69) is 36.4 Å². The molecular weight excluding hydrogens is 380 g/mol. The Morgan fingerprint density at radius 1 is 0.677 bits per heavy atom. The third kappa shape index (κ3) is 3.77. The minimum atomic E-state index is -0.626. The maximum Gasteiger partial charge on any atom is 0.166 e. The second-order valence-electron chi connectivity index (χ2n) is 7.75. The molecule has 0 saturated heterocycles. The van der Waals surface area contributed by atoms with Crippen LogP contribution in [0.5, 0.6) is 5.75 Å². The van der Waals surface area contributed by atoms with Crippen LogP contribution in [0.1, 0.15) is 52.4 Å². The zero-order valence-corrected chi connectivity index (χ0v) is 17.7. The molecule has 0 bridgehead atoms. The normalized spacial score (nSPS) is 11.3. The number of phenols is 1. The van der Waals surface area contributed by atoms with E-state index in [1.54, 1.807) is 6.07 Å². The molecule has 2 nitrogen and oxygen atoms in total. The number of benzene rings is 4. The van der Waals surface area contributed by atoms with E-state index in [0.29, 0.717) is 12.0 Å². The van der Waals surface area contributed by atoms with Crippen molar-refractivity contribution in [1.29, 1.82) is 0 Å². The Morgan fingerprint density at radius 2 is 1.13 bits per heavy atom. The maximum atomic E-state index is 12.8. The van der Waals surface area contributed by atoms with Crippen LogP contribution in [-0.2, 0) is 5.41 Å². The fourth-order valence-electron chi connectivity index (χ4n) is 4.42. The van der Waals surface area contributed by atoms with Crippen LogP contribution in [0.25, 0.3) is 0 Å². The Labute approximate surface area is 183 Å². The molecule has 0 radical (unpaired) electrons. The van der Waals surface area contributed by atoms with Gasteiger partial charge in [0.05, 0.1) is 11.0 Å². The molecule has 0 atom stereocenters. The molecule has 0 spiro atoms. The predicted octanol–water partition coefficient (Wildman–Crippen LogP) is 6.76. The van der Waals surface area contributed by atoms with E-state index in [1.807, 2.05) is 73.7 Å². The van der Waals surface area contributed by atoms with Crippen molar-refractivity contribution in [2.24, 2.45) is 0 Å². The summed E-state index contributed by atoms with van der Waals surface area (Å²) in [5.41, 5.74) is 4.02. The molecular formula is C29H26O2. The summed E-state index contributed by atoms with van der Waals surface area (Å²) in [5.74, 6) is -0.00443. The highest BCUT2D eigenvalue weighted by Gasteiger charge is 2.38. The quantitative estimate of drug-likeness (QED) is 0.272. The fourth-order valence-corrected chi connectivity index (χ4v) is 4.42. The predicted molar refractivity (Wildman–Crippen MR) is 126 cm³/mol. The van der Waals surface area contributed by atoms with E-state index in [1.165, 1.54) is 0 Å². The Hall–Kier alpha value is -3.65. The summed E-state index contributed by atoms with van der Waals surface area (Å²) in [7, 11) is 0. The van der Waals surface area contributed by atoms with Gasteiger partial charge in [-0.05, 0) is 40.8 Å². The van der Waals surface area contributed by atoms with Crippen LogP contribution in [-0.4, -0.2) is 10.9 Å². The highest BCUT2D eigenvalue weighted by atomic mass is 16.3. The molecule has 0 aromatic heterocycles. The van der Waals surface area contributed by atoms with Gasteiger partial charge >= 0.3 is 0 Å². The molecule has 4 rings (SSSR count). The van der Waals surface area contributed by atoms with Crippen molar-refractivity contribution in [1.82, 2.24) is 0 Å². The summed E-state index contributed by atoms with van der Waals surface area (Å²) < 4.78 is 0. The van der Waals surface area contributed by atoms with Crippen molar-refractivity contribution >= 4 is 5.78 Å². The summed E-state index contributed by atoms with van der Waals surface area (Å²) in [5, 5.41) is 10.5. The summed E-state index contributed by atoms with van der Waals surface area (Å²) in [6, 6.07) is 36.5. The zero-order valence-electron chi connectivity index (χ0n) is 17.7. The zero-order chi connectivity index (χ0) is 21.7. The van der Waals surface area contributed by atoms with Gasteiger partial charge in [-0.15, -0.1) is 0 Å². The number of aromatic hydroxyl groups is 1. The van der Waals surface area contributed by atoms with Crippen LogP contribution < -0.4 is 0 Å². The molecule has 0 heterocycles. The monoisotopic (exact) mass is 406 g/mol. The van der Waals surface area contributed by atoms with Crippen molar-refractivity contribution in [3.8, 4) is 5.75 Å². The third-order valence-corrected chi connectivity index (χ3v) is 5.83. The molecule has 0 aliphatic rings. The van der Waals surface area contributed by atoms with E-state index >= 15 is 0 Å². The standard InChI is InChI=1S/C29H26O2/c1-2-12-27(30)26-21-25(19-20-28(26)31)29(22-13-6-3-7-14-22,23-15-8-4-9-16-23)24-17-10-5-11-18-24/h3-11,13-21,31H,2,12H2,1H3. The Kier molecular flexibility index (Phi) is 5.99. The highest BCUT2D eigenvalue weighted by molar-refractivity contribution is 5.98. The average molecular weight is 407 g/mol. The van der Waals surface area contributed by atoms with Gasteiger partial charge in [-0.25, -0.2) is 0 Å². The molecule has 0 aliphatic carbocycles. The molecule has 4 aromatic rings. The van der Waals surface area contributed by atoms with Crippen molar-refractivity contribution in [2.45, 2.75) is 25.2 Å². The lowest BCUT2D eigenvalue weighted by atomic mass is 9.65. The first-order valence-electron chi connectivity index (χ1n) is 10.7. The molecule has 0 saturated carbocycles. The summed E-state index contributed by atoms with van der Waals surface area (Å²) in [6.45, 7) is 1.97. The number of carbonyl (C=O) groups is 1. The average Bonchev–Trinajstić information content (AvgIpc) is 2.83. The SMILES string of the molecule is CCCC(=O)c1cc(C(c2ccccc2)(c2ccccc2)c2ccccc2)ccc1O. The second-order valence-corrected chi connectivity index (χ2v) is 7.75. The van der Waals surface area contributed by atoms with Gasteiger partial charge in [0, 0.05) is 6.42 Å². The first kappa shape index (κ1) is 20.6. The van der Waals surface area contributed by atoms with Crippen LogP contribution in [0, 0.1) is 0 Å². The first-order valence-corrected chi connectivity index (χ1v) is 10.7. The van der Waals surface area contributed by atoms with Crippen LogP contribution in [0.4, 0.5) is 0 Å². The number of phenolic OH excluding ortho intramolecular Hbond substituents is 1. The molecule has 2 heteroatoms. The van der Waals surface area contributed by atoms with Gasteiger partial charge in [0.2, 0.25) is 0 Å². The fraction of sp³-hybridized carbons (Fsp3) is 0.138. The van der Waals surface area contributed by atoms with Crippen LogP contribution >= 0.6 is 0 Å². The van der Waals surface area contributed by atoms with Crippen molar-refractivity contribution in [2.75, 3.05) is 0 Å². The van der Waals surface area contributed by atoms with E-state index in [9.17, 15) is 9.90 Å². The molecule has 154 valence electrons.